The quantitative estimate of drug-likeness (QED) is 0.238. The second kappa shape index (κ2) is 9.83. The predicted molar refractivity (Wildman–Crippen MR) is 143 cm³/mol. The third-order valence-corrected chi connectivity index (χ3v) is 6.65. The van der Waals surface area contributed by atoms with Crippen LogP contribution in [0.5, 0.6) is 5.88 Å². The highest BCUT2D eigenvalue weighted by atomic mass is 32.2. The molecule has 36 heavy (non-hydrogen) atoms. The van der Waals surface area contributed by atoms with Gasteiger partial charge in [-0.2, -0.15) is 0 Å². The fraction of sp³-hybridized carbons (Fsp3) is 0.0714. The van der Waals surface area contributed by atoms with E-state index in [-0.39, 0.29) is 11.6 Å². The Hall–Kier alpha value is -4.17. The van der Waals surface area contributed by atoms with Gasteiger partial charge in [-0.25, -0.2) is 18.7 Å². The van der Waals surface area contributed by atoms with Gasteiger partial charge in [-0.05, 0) is 59.8 Å². The zero-order valence-electron chi connectivity index (χ0n) is 19.5. The standard InChI is InChI=1S/C28H22F2N4OS/c1-35-28-26(33-24-10-8-18(29)15-22(24)30)19(11-12-32-28)16-7-9-23-17(13-16)14-21(27(31)34-23)20-5-3-4-6-25(20)36-2/h3-15,33H,1-2H3,(H2,31,34). The molecule has 0 aliphatic heterocycles. The van der Waals surface area contributed by atoms with Gasteiger partial charge in [0.1, 0.15) is 23.1 Å². The van der Waals surface area contributed by atoms with Crippen molar-refractivity contribution in [2.45, 2.75) is 4.90 Å². The van der Waals surface area contributed by atoms with Crippen LogP contribution < -0.4 is 15.8 Å². The lowest BCUT2D eigenvalue weighted by atomic mass is 9.99. The van der Waals surface area contributed by atoms with Crippen LogP contribution in [0.2, 0.25) is 0 Å². The molecule has 0 aliphatic rings. The Morgan fingerprint density at radius 2 is 1.75 bits per heavy atom. The van der Waals surface area contributed by atoms with Gasteiger partial charge in [-0.3, -0.25) is 0 Å². The molecule has 0 saturated heterocycles. The third-order valence-electron chi connectivity index (χ3n) is 5.85. The van der Waals surface area contributed by atoms with Crippen molar-refractivity contribution in [1.29, 1.82) is 0 Å². The van der Waals surface area contributed by atoms with Gasteiger partial charge in [-0.1, -0.05) is 24.3 Å². The Labute approximate surface area is 211 Å². The molecular weight excluding hydrogens is 478 g/mol. The van der Waals surface area contributed by atoms with Gasteiger partial charge < -0.3 is 15.8 Å². The van der Waals surface area contributed by atoms with Crippen LogP contribution in [0.3, 0.4) is 0 Å². The number of aromatic nitrogens is 2. The van der Waals surface area contributed by atoms with Crippen molar-refractivity contribution in [1.82, 2.24) is 9.97 Å². The number of thioether (sulfide) groups is 1. The summed E-state index contributed by atoms with van der Waals surface area (Å²) in [7, 11) is 1.49. The number of hydrogen-bond donors (Lipinski definition) is 2. The molecule has 3 aromatic carbocycles. The van der Waals surface area contributed by atoms with E-state index in [0.29, 0.717) is 11.5 Å². The summed E-state index contributed by atoms with van der Waals surface area (Å²) in [5.41, 5.74) is 11.1. The van der Waals surface area contributed by atoms with Crippen molar-refractivity contribution in [2.24, 2.45) is 0 Å². The zero-order chi connectivity index (χ0) is 25.2. The van der Waals surface area contributed by atoms with E-state index in [9.17, 15) is 8.78 Å². The van der Waals surface area contributed by atoms with Gasteiger partial charge >= 0.3 is 0 Å². The van der Waals surface area contributed by atoms with Crippen LogP contribution in [-0.4, -0.2) is 23.3 Å². The molecule has 2 aromatic heterocycles. The first-order valence-corrected chi connectivity index (χ1v) is 12.3. The zero-order valence-corrected chi connectivity index (χ0v) is 20.4. The molecule has 5 rings (SSSR count). The summed E-state index contributed by atoms with van der Waals surface area (Å²) >= 11 is 1.65. The first-order chi connectivity index (χ1) is 17.5. The molecule has 0 atom stereocenters. The van der Waals surface area contributed by atoms with Crippen LogP contribution in [0, 0.1) is 11.6 Å². The van der Waals surface area contributed by atoms with E-state index in [1.807, 2.05) is 54.8 Å². The highest BCUT2D eigenvalue weighted by Crippen LogP contribution is 2.39. The minimum Gasteiger partial charge on any atom is -0.479 e. The molecule has 0 bridgehead atoms. The number of nitrogen functional groups attached to an aromatic ring is 1. The van der Waals surface area contributed by atoms with E-state index in [2.05, 4.69) is 21.4 Å². The maximum atomic E-state index is 14.4. The van der Waals surface area contributed by atoms with E-state index in [4.69, 9.17) is 10.5 Å². The SMILES string of the molecule is COc1nccc(-c2ccc3nc(N)c(-c4ccccc4SC)cc3c2)c1Nc1ccc(F)cc1F. The fourth-order valence-corrected chi connectivity index (χ4v) is 4.74. The van der Waals surface area contributed by atoms with E-state index in [1.165, 1.54) is 19.2 Å². The van der Waals surface area contributed by atoms with E-state index < -0.39 is 11.6 Å². The molecule has 0 saturated carbocycles. The molecule has 180 valence electrons. The summed E-state index contributed by atoms with van der Waals surface area (Å²) in [4.78, 5) is 10.0. The molecule has 3 N–H and O–H groups in total. The lowest BCUT2D eigenvalue weighted by Gasteiger charge is -2.16. The highest BCUT2D eigenvalue weighted by molar-refractivity contribution is 7.98. The van der Waals surface area contributed by atoms with Crippen LogP contribution in [-0.2, 0) is 0 Å². The summed E-state index contributed by atoms with van der Waals surface area (Å²) < 4.78 is 33.3. The minimum absolute atomic E-state index is 0.107. The molecule has 5 nitrogen and oxygen atoms in total. The number of fused-ring (bicyclic) bond motifs is 1. The summed E-state index contributed by atoms with van der Waals surface area (Å²) in [6, 6.07) is 21.0. The summed E-state index contributed by atoms with van der Waals surface area (Å²) in [6.07, 6.45) is 3.64. The monoisotopic (exact) mass is 500 g/mol. The van der Waals surface area contributed by atoms with Crippen LogP contribution in [0.15, 0.2) is 83.9 Å². The van der Waals surface area contributed by atoms with Gasteiger partial charge in [-0.15, -0.1) is 11.8 Å². The first kappa shape index (κ1) is 23.6. The number of ether oxygens (including phenoxy) is 1. The van der Waals surface area contributed by atoms with Crippen LogP contribution >= 0.6 is 11.8 Å². The lowest BCUT2D eigenvalue weighted by molar-refractivity contribution is 0.400. The van der Waals surface area contributed by atoms with Crippen molar-refractivity contribution in [3.05, 3.63) is 90.6 Å². The van der Waals surface area contributed by atoms with E-state index in [1.54, 1.807) is 18.0 Å². The van der Waals surface area contributed by atoms with E-state index >= 15 is 0 Å². The number of nitrogens with one attached hydrogen (secondary N) is 1. The van der Waals surface area contributed by atoms with Crippen LogP contribution in [0.1, 0.15) is 0 Å². The Bertz CT molecular complexity index is 1590. The summed E-state index contributed by atoms with van der Waals surface area (Å²) in [5.74, 6) is -0.642. The van der Waals surface area contributed by atoms with Gasteiger partial charge in [0, 0.05) is 33.7 Å². The summed E-state index contributed by atoms with van der Waals surface area (Å²) in [6.45, 7) is 0. The molecule has 0 unspecified atom stereocenters. The highest BCUT2D eigenvalue weighted by Gasteiger charge is 2.16. The fourth-order valence-electron chi connectivity index (χ4n) is 4.13. The lowest BCUT2D eigenvalue weighted by Crippen LogP contribution is -2.01. The molecule has 0 fully saturated rings. The summed E-state index contributed by atoms with van der Waals surface area (Å²) in [5, 5.41) is 3.92. The number of pyridine rings is 2. The third kappa shape index (κ3) is 4.43. The number of nitrogens with zero attached hydrogens (tertiary/aromatic N) is 2. The Morgan fingerprint density at radius 1 is 0.917 bits per heavy atom. The molecule has 0 amide bonds. The number of anilines is 3. The normalized spacial score (nSPS) is 11.0. The Morgan fingerprint density at radius 3 is 2.53 bits per heavy atom. The van der Waals surface area contributed by atoms with Gasteiger partial charge in [0.05, 0.1) is 18.3 Å². The molecular formula is C28H22F2N4OS. The number of rotatable bonds is 6. The second-order valence-electron chi connectivity index (χ2n) is 8.02. The van der Waals surface area contributed by atoms with Crippen molar-refractivity contribution in [2.75, 3.05) is 24.4 Å². The smallest absolute Gasteiger partial charge is 0.238 e. The molecule has 0 radical (unpaired) electrons. The Kier molecular flexibility index (Phi) is 6.43. The van der Waals surface area contributed by atoms with E-state index in [0.717, 1.165) is 44.1 Å². The number of hydrogen-bond acceptors (Lipinski definition) is 6. The number of halogens is 2. The van der Waals surface area contributed by atoms with Crippen LogP contribution in [0.4, 0.5) is 26.0 Å². The molecule has 8 heteroatoms. The van der Waals surface area contributed by atoms with Gasteiger partial charge in [0.15, 0.2) is 0 Å². The number of nitrogens with two attached hydrogens (primary N) is 1. The Balaban J connectivity index is 1.64. The number of benzene rings is 3. The predicted octanol–water partition coefficient (Wildman–Crippen LogP) is 7.30. The van der Waals surface area contributed by atoms with Crippen LogP contribution in [0.25, 0.3) is 33.2 Å². The number of methoxy groups -OCH3 is 1. The molecule has 0 aliphatic carbocycles. The van der Waals surface area contributed by atoms with Crippen molar-refractivity contribution in [3.8, 4) is 28.1 Å². The maximum Gasteiger partial charge on any atom is 0.238 e. The van der Waals surface area contributed by atoms with Crippen molar-refractivity contribution >= 4 is 39.9 Å². The van der Waals surface area contributed by atoms with Crippen molar-refractivity contribution in [3.63, 3.8) is 0 Å². The largest absolute Gasteiger partial charge is 0.479 e. The maximum absolute atomic E-state index is 14.4. The molecule has 2 heterocycles. The van der Waals surface area contributed by atoms with Gasteiger partial charge in [0.25, 0.3) is 0 Å². The van der Waals surface area contributed by atoms with Gasteiger partial charge in [0.2, 0.25) is 5.88 Å². The van der Waals surface area contributed by atoms with Crippen molar-refractivity contribution < 1.29 is 13.5 Å². The topological polar surface area (TPSA) is 73.1 Å². The second-order valence-corrected chi connectivity index (χ2v) is 8.87. The minimum atomic E-state index is -0.720. The average molecular weight is 501 g/mol. The average Bonchev–Trinajstić information content (AvgIpc) is 2.89. The molecule has 5 aromatic rings. The first-order valence-electron chi connectivity index (χ1n) is 11.1. The molecule has 0 spiro atoms.